The zero-order valence-electron chi connectivity index (χ0n) is 18.7. The van der Waals surface area contributed by atoms with Gasteiger partial charge < -0.3 is 10.1 Å². The van der Waals surface area contributed by atoms with Crippen LogP contribution in [-0.4, -0.2) is 23.0 Å². The average molecular weight is 447 g/mol. The Labute approximate surface area is 191 Å². The molecule has 1 N–H and O–H groups in total. The zero-order chi connectivity index (χ0) is 22.2. The maximum atomic E-state index is 13.2. The number of carbonyl (C=O) groups is 2. The number of fused-ring (bicyclic) bond motifs is 1. The van der Waals surface area contributed by atoms with Crippen LogP contribution in [0.1, 0.15) is 78.1 Å². The van der Waals surface area contributed by atoms with Crippen LogP contribution in [0.5, 0.6) is 0 Å². The maximum absolute atomic E-state index is 13.2. The molecule has 1 aromatic rings. The van der Waals surface area contributed by atoms with E-state index in [2.05, 4.69) is 30.2 Å². The van der Waals surface area contributed by atoms with Crippen molar-refractivity contribution in [2.45, 2.75) is 84.2 Å². The van der Waals surface area contributed by atoms with E-state index in [9.17, 15) is 9.59 Å². The molecule has 170 valence electrons. The van der Waals surface area contributed by atoms with Gasteiger partial charge in [-0.3, -0.25) is 9.59 Å². The van der Waals surface area contributed by atoms with Crippen molar-refractivity contribution in [2.75, 3.05) is 5.32 Å². The number of allylic oxidation sites excluding steroid dienone is 1. The monoisotopic (exact) mass is 446 g/mol. The van der Waals surface area contributed by atoms with E-state index in [4.69, 9.17) is 16.3 Å². The number of aromatic nitrogens is 1. The van der Waals surface area contributed by atoms with Gasteiger partial charge in [-0.05, 0) is 44.2 Å². The molecule has 0 radical (unpaired) electrons. The summed E-state index contributed by atoms with van der Waals surface area (Å²) < 4.78 is 5.80. The zero-order valence-corrected chi connectivity index (χ0v) is 19.5. The standard InChI is InChI=1S/C25H35ClN2O3/c1-3-5-7-9-11-17-15-18-20(12-8-6-4-2)31-25(30)23(18)19(16-17)24(29)28-22-14-10-13-21(26)27-22/h10,13-15,18-20,23H,3-9,11-12,16H2,1-2H3,(H,27,28,29)/t18-,19-,20-,23+/m1/s1. The van der Waals surface area contributed by atoms with Gasteiger partial charge in [-0.25, -0.2) is 4.98 Å². The number of carbonyl (C=O) groups excluding carboxylic acids is 2. The number of unbranched alkanes of at least 4 members (excludes halogenated alkanes) is 5. The van der Waals surface area contributed by atoms with E-state index in [1.165, 1.54) is 24.8 Å². The second kappa shape index (κ2) is 11.7. The SMILES string of the molecule is CCCCCCC1=C[C@H]2[C@H](C(=O)O[C@@H]2CCCCC)[C@H](C(=O)Nc2cccc(Cl)n2)C1. The fourth-order valence-corrected chi connectivity index (χ4v) is 5.02. The van der Waals surface area contributed by atoms with Crippen LogP contribution in [0.4, 0.5) is 5.82 Å². The quantitative estimate of drug-likeness (QED) is 0.186. The minimum atomic E-state index is -0.430. The summed E-state index contributed by atoms with van der Waals surface area (Å²) in [5, 5.41) is 3.21. The number of hydrogen-bond donors (Lipinski definition) is 1. The van der Waals surface area contributed by atoms with Gasteiger partial charge in [0.25, 0.3) is 0 Å². The molecule has 31 heavy (non-hydrogen) atoms. The highest BCUT2D eigenvalue weighted by Gasteiger charge is 2.51. The first-order valence-electron chi connectivity index (χ1n) is 11.9. The summed E-state index contributed by atoms with van der Waals surface area (Å²) in [6, 6.07) is 5.13. The predicted octanol–water partition coefficient (Wildman–Crippen LogP) is 6.33. The molecule has 2 heterocycles. The van der Waals surface area contributed by atoms with E-state index in [0.717, 1.165) is 38.5 Å². The minimum absolute atomic E-state index is 0.0117. The van der Waals surface area contributed by atoms with Gasteiger partial charge >= 0.3 is 5.97 Å². The summed E-state index contributed by atoms with van der Waals surface area (Å²) in [7, 11) is 0. The highest BCUT2D eigenvalue weighted by Crippen LogP contribution is 2.45. The molecule has 0 unspecified atom stereocenters. The molecule has 1 aromatic heterocycles. The van der Waals surface area contributed by atoms with Gasteiger partial charge in [-0.1, -0.05) is 75.3 Å². The van der Waals surface area contributed by atoms with Crippen molar-refractivity contribution in [3.63, 3.8) is 0 Å². The van der Waals surface area contributed by atoms with Crippen LogP contribution in [-0.2, 0) is 14.3 Å². The first kappa shape index (κ1) is 23.8. The molecule has 1 saturated heterocycles. The molecular weight excluding hydrogens is 412 g/mol. The number of cyclic esters (lactones) is 1. The lowest BCUT2D eigenvalue weighted by atomic mass is 9.70. The molecule has 1 fully saturated rings. The highest BCUT2D eigenvalue weighted by atomic mass is 35.5. The lowest BCUT2D eigenvalue weighted by molar-refractivity contribution is -0.147. The van der Waals surface area contributed by atoms with Gasteiger partial charge in [0.2, 0.25) is 5.91 Å². The number of anilines is 1. The Morgan fingerprint density at radius 1 is 1.16 bits per heavy atom. The Bertz CT molecular complexity index is 795. The third-order valence-corrected chi connectivity index (χ3v) is 6.68. The van der Waals surface area contributed by atoms with E-state index in [-0.39, 0.29) is 23.9 Å². The van der Waals surface area contributed by atoms with Crippen molar-refractivity contribution in [3.05, 3.63) is 35.0 Å². The topological polar surface area (TPSA) is 68.3 Å². The molecule has 2 aliphatic rings. The molecular formula is C25H35ClN2O3. The third-order valence-electron chi connectivity index (χ3n) is 6.47. The highest BCUT2D eigenvalue weighted by molar-refractivity contribution is 6.29. The summed E-state index contributed by atoms with van der Waals surface area (Å²) in [5.74, 6) is -0.839. The van der Waals surface area contributed by atoms with Gasteiger partial charge in [0.05, 0.1) is 11.8 Å². The summed E-state index contributed by atoms with van der Waals surface area (Å²) in [4.78, 5) is 30.2. The number of nitrogens with zero attached hydrogens (tertiary/aromatic N) is 1. The number of nitrogens with one attached hydrogen (secondary N) is 1. The van der Waals surface area contributed by atoms with Crippen LogP contribution in [0.3, 0.4) is 0 Å². The fourth-order valence-electron chi connectivity index (χ4n) is 4.85. The molecule has 6 heteroatoms. The van der Waals surface area contributed by atoms with Crippen molar-refractivity contribution >= 4 is 29.3 Å². The number of ether oxygens (including phenoxy) is 1. The lowest BCUT2D eigenvalue weighted by Crippen LogP contribution is -2.38. The smallest absolute Gasteiger partial charge is 0.310 e. The first-order valence-corrected chi connectivity index (χ1v) is 12.2. The van der Waals surface area contributed by atoms with Crippen LogP contribution < -0.4 is 5.32 Å². The molecule has 0 spiro atoms. The maximum Gasteiger partial charge on any atom is 0.310 e. The van der Waals surface area contributed by atoms with E-state index < -0.39 is 11.8 Å². The number of amides is 1. The Kier molecular flexibility index (Phi) is 8.94. The van der Waals surface area contributed by atoms with Crippen molar-refractivity contribution in [1.29, 1.82) is 0 Å². The number of rotatable bonds is 11. The Morgan fingerprint density at radius 3 is 2.68 bits per heavy atom. The lowest BCUT2D eigenvalue weighted by Gasteiger charge is -2.31. The van der Waals surface area contributed by atoms with E-state index >= 15 is 0 Å². The normalized spacial score (nSPS) is 25.0. The molecule has 0 saturated carbocycles. The van der Waals surface area contributed by atoms with E-state index in [0.29, 0.717) is 17.4 Å². The second-order valence-corrected chi connectivity index (χ2v) is 9.24. The van der Waals surface area contributed by atoms with Gasteiger partial charge in [-0.2, -0.15) is 0 Å². The summed E-state index contributed by atoms with van der Waals surface area (Å²) in [6.07, 6.45) is 12.6. The Morgan fingerprint density at radius 2 is 1.94 bits per heavy atom. The van der Waals surface area contributed by atoms with Crippen molar-refractivity contribution in [2.24, 2.45) is 17.8 Å². The molecule has 5 nitrogen and oxygen atoms in total. The molecule has 1 aliphatic carbocycles. The van der Waals surface area contributed by atoms with Gasteiger partial charge in [0, 0.05) is 5.92 Å². The van der Waals surface area contributed by atoms with Gasteiger partial charge in [-0.15, -0.1) is 0 Å². The minimum Gasteiger partial charge on any atom is -0.461 e. The molecule has 0 bridgehead atoms. The van der Waals surface area contributed by atoms with Crippen LogP contribution in [0.15, 0.2) is 29.8 Å². The number of esters is 1. The Balaban J connectivity index is 1.77. The number of pyridine rings is 1. The molecule has 3 rings (SSSR count). The summed E-state index contributed by atoms with van der Waals surface area (Å²) in [6.45, 7) is 4.37. The molecule has 4 atom stereocenters. The first-order chi connectivity index (χ1) is 15.0. The van der Waals surface area contributed by atoms with Gasteiger partial charge in [0.1, 0.15) is 17.1 Å². The van der Waals surface area contributed by atoms with Crippen LogP contribution >= 0.6 is 11.6 Å². The van der Waals surface area contributed by atoms with Crippen molar-refractivity contribution in [3.8, 4) is 0 Å². The number of halogens is 1. The van der Waals surface area contributed by atoms with Crippen LogP contribution in [0.25, 0.3) is 0 Å². The molecule has 1 amide bonds. The van der Waals surface area contributed by atoms with Crippen molar-refractivity contribution in [1.82, 2.24) is 4.98 Å². The summed E-state index contributed by atoms with van der Waals surface area (Å²) >= 11 is 5.97. The predicted molar refractivity (Wildman–Crippen MR) is 124 cm³/mol. The van der Waals surface area contributed by atoms with Crippen molar-refractivity contribution < 1.29 is 14.3 Å². The largest absolute Gasteiger partial charge is 0.461 e. The average Bonchev–Trinajstić information content (AvgIpc) is 3.06. The Hall–Kier alpha value is -1.88. The summed E-state index contributed by atoms with van der Waals surface area (Å²) in [5.41, 5.74) is 1.29. The second-order valence-electron chi connectivity index (χ2n) is 8.86. The third kappa shape index (κ3) is 6.31. The number of hydrogen-bond acceptors (Lipinski definition) is 4. The fraction of sp³-hybridized carbons (Fsp3) is 0.640. The van der Waals surface area contributed by atoms with Gasteiger partial charge in [0.15, 0.2) is 0 Å². The van der Waals surface area contributed by atoms with E-state index in [1.54, 1.807) is 18.2 Å². The van der Waals surface area contributed by atoms with Crippen LogP contribution in [0, 0.1) is 17.8 Å². The molecule has 0 aromatic carbocycles. The van der Waals surface area contributed by atoms with E-state index in [1.807, 2.05) is 0 Å². The molecule has 1 aliphatic heterocycles. The van der Waals surface area contributed by atoms with Crippen LogP contribution in [0.2, 0.25) is 5.15 Å².